The Morgan fingerprint density at radius 2 is 1.64 bits per heavy atom. The molecule has 1 heterocycles. The van der Waals surface area contributed by atoms with Gasteiger partial charge in [-0.3, -0.25) is 4.79 Å². The van der Waals surface area contributed by atoms with Crippen molar-refractivity contribution >= 4 is 54.5 Å². The van der Waals surface area contributed by atoms with E-state index in [1.807, 2.05) is 13.8 Å². The van der Waals surface area contributed by atoms with Gasteiger partial charge in [-0.15, -0.1) is 24.5 Å². The first-order valence-corrected chi connectivity index (χ1v) is 16.0. The van der Waals surface area contributed by atoms with Crippen LogP contribution in [-0.2, 0) is 21.0 Å². The van der Waals surface area contributed by atoms with Gasteiger partial charge in [-0.1, -0.05) is 31.5 Å². The fourth-order valence-corrected chi connectivity index (χ4v) is 6.40. The van der Waals surface area contributed by atoms with Crippen LogP contribution in [0.5, 0.6) is 11.5 Å². The van der Waals surface area contributed by atoms with E-state index in [4.69, 9.17) is 16.3 Å². The van der Waals surface area contributed by atoms with Crippen LogP contribution >= 0.6 is 22.9 Å². The van der Waals surface area contributed by atoms with E-state index in [1.54, 1.807) is 62.4 Å². The van der Waals surface area contributed by atoms with Crippen LogP contribution in [0, 0.1) is 0 Å². The number of hydrogen-bond acceptors (Lipinski definition) is 6. The van der Waals surface area contributed by atoms with Crippen molar-refractivity contribution in [3.63, 3.8) is 0 Å². The summed E-state index contributed by atoms with van der Waals surface area (Å²) in [5.41, 5.74) is 1.26. The van der Waals surface area contributed by atoms with Gasteiger partial charge in [0.25, 0.3) is 5.91 Å². The van der Waals surface area contributed by atoms with Crippen molar-refractivity contribution in [1.29, 1.82) is 0 Å². The molecule has 0 atom stereocenters. The van der Waals surface area contributed by atoms with Crippen molar-refractivity contribution in [3.8, 4) is 11.5 Å². The number of sulfone groups is 1. The highest BCUT2D eigenvalue weighted by Crippen LogP contribution is 2.39. The molecule has 12 heteroatoms. The van der Waals surface area contributed by atoms with Crippen molar-refractivity contribution in [2.75, 3.05) is 11.6 Å². The average Bonchev–Trinajstić information content (AvgIpc) is 3.24. The third-order valence-electron chi connectivity index (χ3n) is 6.32. The summed E-state index contributed by atoms with van der Waals surface area (Å²) in [7, 11) is -3.21. The van der Waals surface area contributed by atoms with Gasteiger partial charge in [0.1, 0.15) is 11.5 Å². The molecule has 0 fully saturated rings. The maximum absolute atomic E-state index is 13.2. The molecule has 6 nitrogen and oxygen atoms in total. The summed E-state index contributed by atoms with van der Waals surface area (Å²) in [4.78, 5) is 13.6. The van der Waals surface area contributed by atoms with Crippen LogP contribution in [-0.4, -0.2) is 33.0 Å². The minimum atomic E-state index is -4.88. The lowest BCUT2D eigenvalue weighted by Crippen LogP contribution is -2.22. The van der Waals surface area contributed by atoms with Crippen LogP contribution in [0.4, 0.5) is 18.9 Å². The summed E-state index contributed by atoms with van der Waals surface area (Å²) in [6.07, 6.45) is -4.00. The number of hydrogen-bond donors (Lipinski definition) is 1. The standard InChI is InChI=1S/C30H29ClF3NO5S2/c1-17(2)39-24-12-21(13-25(15-24)40-30(32,33)34)29(3,4)20-10-22(31)14-23(11-20)35-28(36)27-9-19-8-18(16-42(5,37)38)6-7-26(19)41-27/h6-15,17H,16H2,1-5H3,(H,35,36). The molecule has 0 spiro atoms. The summed E-state index contributed by atoms with van der Waals surface area (Å²) in [5.74, 6) is -0.684. The van der Waals surface area contributed by atoms with Crippen LogP contribution in [0.1, 0.15) is 54.1 Å². The second-order valence-electron chi connectivity index (χ2n) is 10.8. The summed E-state index contributed by atoms with van der Waals surface area (Å²) < 4.78 is 73.3. The minimum Gasteiger partial charge on any atom is -0.491 e. The van der Waals surface area contributed by atoms with Crippen LogP contribution in [0.2, 0.25) is 5.02 Å². The predicted molar refractivity (Wildman–Crippen MR) is 161 cm³/mol. The second-order valence-corrected chi connectivity index (χ2v) is 14.4. The number of anilines is 1. The molecular formula is C30H29ClF3NO5S2. The maximum Gasteiger partial charge on any atom is 0.573 e. The van der Waals surface area contributed by atoms with Crippen molar-refractivity contribution < 1.29 is 35.9 Å². The number of carbonyl (C=O) groups is 1. The van der Waals surface area contributed by atoms with Crippen molar-refractivity contribution in [1.82, 2.24) is 0 Å². The fraction of sp³-hybridized carbons (Fsp3) is 0.300. The maximum atomic E-state index is 13.2. The monoisotopic (exact) mass is 639 g/mol. The van der Waals surface area contributed by atoms with Gasteiger partial charge < -0.3 is 14.8 Å². The molecule has 0 bridgehead atoms. The molecule has 0 saturated heterocycles. The number of fused-ring (bicyclic) bond motifs is 1. The number of rotatable bonds is 9. The molecule has 0 radical (unpaired) electrons. The SMILES string of the molecule is CC(C)Oc1cc(OC(F)(F)F)cc(C(C)(C)c2cc(Cl)cc(NC(=O)c3cc4cc(CS(C)(=O)=O)ccc4s3)c2)c1. The Hall–Kier alpha value is -3.28. The number of amides is 1. The van der Waals surface area contributed by atoms with Gasteiger partial charge in [0, 0.05) is 33.1 Å². The molecule has 0 saturated carbocycles. The summed E-state index contributed by atoms with van der Waals surface area (Å²) >= 11 is 7.69. The second kappa shape index (κ2) is 11.8. The Labute approximate surface area is 251 Å². The zero-order chi connectivity index (χ0) is 31.0. The first-order chi connectivity index (χ1) is 19.4. The van der Waals surface area contributed by atoms with E-state index in [-0.39, 0.29) is 23.5 Å². The van der Waals surface area contributed by atoms with Gasteiger partial charge in [-0.2, -0.15) is 0 Å². The quantitative estimate of drug-likeness (QED) is 0.199. The lowest BCUT2D eigenvalue weighted by Gasteiger charge is -2.28. The molecule has 1 amide bonds. The van der Waals surface area contributed by atoms with E-state index in [1.165, 1.54) is 23.5 Å². The molecule has 224 valence electrons. The van der Waals surface area contributed by atoms with Crippen molar-refractivity contribution in [3.05, 3.63) is 87.3 Å². The molecule has 0 aliphatic heterocycles. The fourth-order valence-electron chi connectivity index (χ4n) is 4.44. The number of halogens is 4. The molecule has 0 unspecified atom stereocenters. The number of thiophene rings is 1. The van der Waals surface area contributed by atoms with Crippen LogP contribution < -0.4 is 14.8 Å². The lowest BCUT2D eigenvalue weighted by molar-refractivity contribution is -0.274. The minimum absolute atomic E-state index is 0.0995. The molecule has 3 aromatic carbocycles. The highest BCUT2D eigenvalue weighted by atomic mass is 35.5. The Kier molecular flexibility index (Phi) is 8.87. The van der Waals surface area contributed by atoms with Crippen LogP contribution in [0.3, 0.4) is 0 Å². The third kappa shape index (κ3) is 8.17. The van der Waals surface area contributed by atoms with Crippen molar-refractivity contribution in [2.24, 2.45) is 0 Å². The van der Waals surface area contributed by atoms with E-state index in [0.29, 0.717) is 32.3 Å². The zero-order valence-corrected chi connectivity index (χ0v) is 25.8. The van der Waals surface area contributed by atoms with E-state index >= 15 is 0 Å². The first-order valence-electron chi connectivity index (χ1n) is 12.8. The third-order valence-corrected chi connectivity index (χ3v) is 8.51. The smallest absolute Gasteiger partial charge is 0.491 e. The van der Waals surface area contributed by atoms with E-state index in [9.17, 15) is 26.4 Å². The van der Waals surface area contributed by atoms with Gasteiger partial charge in [-0.05, 0) is 84.5 Å². The number of ether oxygens (including phenoxy) is 2. The van der Waals surface area contributed by atoms with Gasteiger partial charge in [0.2, 0.25) is 0 Å². The molecule has 42 heavy (non-hydrogen) atoms. The predicted octanol–water partition coefficient (Wildman–Crippen LogP) is 8.36. The largest absolute Gasteiger partial charge is 0.573 e. The molecule has 0 aliphatic rings. The summed E-state index contributed by atoms with van der Waals surface area (Å²) in [6.45, 7) is 7.16. The Morgan fingerprint density at radius 3 is 2.29 bits per heavy atom. The zero-order valence-electron chi connectivity index (χ0n) is 23.4. The average molecular weight is 640 g/mol. The van der Waals surface area contributed by atoms with E-state index in [0.717, 1.165) is 16.3 Å². The van der Waals surface area contributed by atoms with Gasteiger partial charge >= 0.3 is 6.36 Å². The normalized spacial score (nSPS) is 12.5. The molecule has 1 aromatic heterocycles. The highest BCUT2D eigenvalue weighted by Gasteiger charge is 2.33. The Morgan fingerprint density at radius 1 is 0.976 bits per heavy atom. The summed E-state index contributed by atoms with van der Waals surface area (Å²) in [5, 5.41) is 3.92. The van der Waals surface area contributed by atoms with Gasteiger partial charge in [0.05, 0.1) is 16.7 Å². The molecular weight excluding hydrogens is 611 g/mol. The molecule has 0 aliphatic carbocycles. The van der Waals surface area contributed by atoms with Gasteiger partial charge in [-0.25, -0.2) is 8.42 Å². The van der Waals surface area contributed by atoms with E-state index < -0.39 is 27.4 Å². The van der Waals surface area contributed by atoms with Crippen LogP contribution in [0.25, 0.3) is 10.1 Å². The highest BCUT2D eigenvalue weighted by molar-refractivity contribution is 7.89. The molecule has 4 rings (SSSR count). The Balaban J connectivity index is 1.64. The lowest BCUT2D eigenvalue weighted by atomic mass is 9.78. The molecule has 1 N–H and O–H groups in total. The van der Waals surface area contributed by atoms with Crippen LogP contribution in [0.15, 0.2) is 60.7 Å². The Bertz CT molecular complexity index is 1750. The number of benzene rings is 3. The first kappa shape index (κ1) is 31.7. The summed E-state index contributed by atoms with van der Waals surface area (Å²) in [6, 6.07) is 16.0. The number of alkyl halides is 3. The molecule has 4 aromatic rings. The number of nitrogens with one attached hydrogen (secondary N) is 1. The van der Waals surface area contributed by atoms with Crippen molar-refractivity contribution in [2.45, 2.75) is 51.3 Å². The topological polar surface area (TPSA) is 81.7 Å². The number of carbonyl (C=O) groups excluding carboxylic acids is 1. The van der Waals surface area contributed by atoms with E-state index in [2.05, 4.69) is 10.1 Å². The van der Waals surface area contributed by atoms with Gasteiger partial charge in [0.15, 0.2) is 9.84 Å².